The van der Waals surface area contributed by atoms with Crippen molar-refractivity contribution in [1.29, 1.82) is 0 Å². The molecule has 0 saturated heterocycles. The van der Waals surface area contributed by atoms with E-state index in [2.05, 4.69) is 5.32 Å². The number of hydrogen-bond acceptors (Lipinski definition) is 2. The molecule has 0 aromatic heterocycles. The van der Waals surface area contributed by atoms with Crippen LogP contribution in [0.5, 0.6) is 0 Å². The van der Waals surface area contributed by atoms with Crippen LogP contribution in [0.25, 0.3) is 0 Å². The van der Waals surface area contributed by atoms with E-state index in [1.165, 1.54) is 6.92 Å². The number of carbonyl (C=O) groups excluding carboxylic acids is 1. The molecule has 4 heteroatoms. The van der Waals surface area contributed by atoms with Crippen molar-refractivity contribution in [3.05, 3.63) is 35.9 Å². The number of carbonyl (C=O) groups is 2. The fourth-order valence-corrected chi connectivity index (χ4v) is 1.21. The fourth-order valence-electron chi connectivity index (χ4n) is 1.21. The van der Waals surface area contributed by atoms with Crippen LogP contribution >= 0.6 is 0 Å². The minimum atomic E-state index is -1.22. The van der Waals surface area contributed by atoms with Crippen molar-refractivity contribution in [3.8, 4) is 0 Å². The molecule has 16 heavy (non-hydrogen) atoms. The Morgan fingerprint density at radius 2 is 1.88 bits per heavy atom. The van der Waals surface area contributed by atoms with Crippen LogP contribution in [-0.2, 0) is 4.79 Å². The third-order valence-electron chi connectivity index (χ3n) is 2.60. The first-order valence-electron chi connectivity index (χ1n) is 5.10. The Kier molecular flexibility index (Phi) is 3.66. The summed E-state index contributed by atoms with van der Waals surface area (Å²) in [7, 11) is 0. The van der Waals surface area contributed by atoms with Gasteiger partial charge in [0.2, 0.25) is 0 Å². The zero-order chi connectivity index (χ0) is 12.2. The van der Waals surface area contributed by atoms with Crippen LogP contribution in [0, 0.1) is 0 Å². The largest absolute Gasteiger partial charge is 0.480 e. The smallest absolute Gasteiger partial charge is 0.329 e. The summed E-state index contributed by atoms with van der Waals surface area (Å²) in [5.41, 5.74) is -0.754. The highest BCUT2D eigenvalue weighted by molar-refractivity contribution is 5.97. The number of amides is 1. The van der Waals surface area contributed by atoms with Crippen molar-refractivity contribution in [2.75, 3.05) is 0 Å². The Bertz CT molecular complexity index is 389. The van der Waals surface area contributed by atoms with Crippen molar-refractivity contribution in [2.45, 2.75) is 25.8 Å². The number of hydrogen-bond donors (Lipinski definition) is 2. The lowest BCUT2D eigenvalue weighted by Gasteiger charge is -2.24. The summed E-state index contributed by atoms with van der Waals surface area (Å²) in [4.78, 5) is 22.8. The average Bonchev–Trinajstić information content (AvgIpc) is 2.29. The lowest BCUT2D eigenvalue weighted by atomic mass is 9.98. The second-order valence-corrected chi connectivity index (χ2v) is 3.81. The van der Waals surface area contributed by atoms with Crippen LogP contribution in [0.4, 0.5) is 0 Å². The van der Waals surface area contributed by atoms with Gasteiger partial charge in [0.15, 0.2) is 0 Å². The molecule has 0 radical (unpaired) electrons. The lowest BCUT2D eigenvalue weighted by molar-refractivity contribution is -0.143. The van der Waals surface area contributed by atoms with E-state index in [0.717, 1.165) is 0 Å². The molecule has 1 aromatic carbocycles. The Labute approximate surface area is 94.3 Å². The number of carboxylic acids is 1. The summed E-state index contributed by atoms with van der Waals surface area (Å²) in [6, 6.07) is 8.56. The molecule has 0 saturated carbocycles. The topological polar surface area (TPSA) is 66.4 Å². The molecule has 86 valence electrons. The molecule has 0 bridgehead atoms. The predicted octanol–water partition coefficient (Wildman–Crippen LogP) is 1.67. The van der Waals surface area contributed by atoms with Gasteiger partial charge in [-0.05, 0) is 25.5 Å². The Balaban J connectivity index is 2.82. The van der Waals surface area contributed by atoms with E-state index in [0.29, 0.717) is 12.0 Å². The lowest BCUT2D eigenvalue weighted by Crippen LogP contribution is -2.51. The minimum absolute atomic E-state index is 0.334. The second kappa shape index (κ2) is 4.79. The van der Waals surface area contributed by atoms with Gasteiger partial charge in [0.25, 0.3) is 5.91 Å². The van der Waals surface area contributed by atoms with Gasteiger partial charge in [-0.1, -0.05) is 25.1 Å². The molecule has 0 aliphatic heterocycles. The highest BCUT2D eigenvalue weighted by Gasteiger charge is 2.32. The van der Waals surface area contributed by atoms with E-state index in [4.69, 9.17) is 5.11 Å². The van der Waals surface area contributed by atoms with Crippen molar-refractivity contribution in [3.63, 3.8) is 0 Å². The maximum atomic E-state index is 11.7. The molecule has 4 nitrogen and oxygen atoms in total. The van der Waals surface area contributed by atoms with Crippen molar-refractivity contribution in [2.24, 2.45) is 0 Å². The first-order chi connectivity index (χ1) is 7.49. The SMILES string of the molecule is CC[C@@](C)(NC(=O)c1ccccc1)C(=O)O. The normalized spacial score (nSPS) is 13.9. The molecule has 0 fully saturated rings. The molecule has 0 aliphatic carbocycles. The average molecular weight is 221 g/mol. The standard InChI is InChI=1S/C12H15NO3/c1-3-12(2,11(15)16)13-10(14)9-7-5-4-6-8-9/h4-8H,3H2,1-2H3,(H,13,14)(H,15,16)/t12-/m1/s1. The van der Waals surface area contributed by atoms with Gasteiger partial charge in [0, 0.05) is 5.56 Å². The highest BCUT2D eigenvalue weighted by Crippen LogP contribution is 2.11. The van der Waals surface area contributed by atoms with E-state index in [1.807, 2.05) is 0 Å². The van der Waals surface area contributed by atoms with Crippen LogP contribution in [0.3, 0.4) is 0 Å². The number of rotatable bonds is 4. The van der Waals surface area contributed by atoms with Crippen LogP contribution in [0.2, 0.25) is 0 Å². The highest BCUT2D eigenvalue weighted by atomic mass is 16.4. The summed E-state index contributed by atoms with van der Waals surface area (Å²) in [5.74, 6) is -1.40. The van der Waals surface area contributed by atoms with Crippen molar-refractivity contribution in [1.82, 2.24) is 5.32 Å². The summed E-state index contributed by atoms with van der Waals surface area (Å²) in [5, 5.41) is 11.5. The van der Waals surface area contributed by atoms with E-state index in [9.17, 15) is 9.59 Å². The number of carboxylic acid groups (broad SMARTS) is 1. The molecule has 0 heterocycles. The minimum Gasteiger partial charge on any atom is -0.480 e. The Morgan fingerprint density at radius 1 is 1.31 bits per heavy atom. The van der Waals surface area contributed by atoms with E-state index in [1.54, 1.807) is 37.3 Å². The Hall–Kier alpha value is -1.84. The first-order valence-corrected chi connectivity index (χ1v) is 5.10. The molecule has 0 unspecified atom stereocenters. The van der Waals surface area contributed by atoms with Gasteiger partial charge in [0.1, 0.15) is 5.54 Å². The van der Waals surface area contributed by atoms with Gasteiger partial charge in [-0.3, -0.25) is 4.79 Å². The van der Waals surface area contributed by atoms with Crippen LogP contribution in [0.1, 0.15) is 30.6 Å². The van der Waals surface area contributed by atoms with Crippen molar-refractivity contribution < 1.29 is 14.7 Å². The third kappa shape index (κ3) is 2.59. The van der Waals surface area contributed by atoms with Crippen molar-refractivity contribution >= 4 is 11.9 Å². The molecular formula is C12H15NO3. The van der Waals surface area contributed by atoms with Gasteiger partial charge in [0.05, 0.1) is 0 Å². The summed E-state index contributed by atoms with van der Waals surface area (Å²) in [6.07, 6.45) is 0.334. The van der Waals surface area contributed by atoms with Crippen LogP contribution < -0.4 is 5.32 Å². The van der Waals surface area contributed by atoms with Gasteiger partial charge in [-0.2, -0.15) is 0 Å². The molecule has 1 rings (SSSR count). The number of benzene rings is 1. The maximum absolute atomic E-state index is 11.7. The quantitative estimate of drug-likeness (QED) is 0.812. The van der Waals surface area contributed by atoms with Crippen LogP contribution in [-0.4, -0.2) is 22.5 Å². The van der Waals surface area contributed by atoms with Gasteiger partial charge in [-0.15, -0.1) is 0 Å². The molecule has 0 spiro atoms. The van der Waals surface area contributed by atoms with E-state index < -0.39 is 11.5 Å². The number of aliphatic carboxylic acids is 1. The maximum Gasteiger partial charge on any atom is 0.329 e. The number of nitrogens with one attached hydrogen (secondary N) is 1. The molecule has 0 aliphatic rings. The second-order valence-electron chi connectivity index (χ2n) is 3.81. The predicted molar refractivity (Wildman–Crippen MR) is 60.2 cm³/mol. The van der Waals surface area contributed by atoms with Gasteiger partial charge in [-0.25, -0.2) is 4.79 Å². The summed E-state index contributed by atoms with van der Waals surface area (Å²) in [6.45, 7) is 3.22. The summed E-state index contributed by atoms with van der Waals surface area (Å²) >= 11 is 0. The third-order valence-corrected chi connectivity index (χ3v) is 2.60. The molecule has 1 aromatic rings. The zero-order valence-corrected chi connectivity index (χ0v) is 9.36. The molecule has 1 amide bonds. The first kappa shape index (κ1) is 12.2. The molecule has 2 N–H and O–H groups in total. The summed E-state index contributed by atoms with van der Waals surface area (Å²) < 4.78 is 0. The monoisotopic (exact) mass is 221 g/mol. The molecular weight excluding hydrogens is 206 g/mol. The zero-order valence-electron chi connectivity index (χ0n) is 9.36. The van der Waals surface area contributed by atoms with Gasteiger partial charge >= 0.3 is 5.97 Å². The Morgan fingerprint density at radius 3 is 2.31 bits per heavy atom. The van der Waals surface area contributed by atoms with Crippen LogP contribution in [0.15, 0.2) is 30.3 Å². The fraction of sp³-hybridized carbons (Fsp3) is 0.333. The van der Waals surface area contributed by atoms with E-state index in [-0.39, 0.29) is 5.91 Å². The molecule has 1 atom stereocenters. The van der Waals surface area contributed by atoms with Gasteiger partial charge < -0.3 is 10.4 Å². The van der Waals surface area contributed by atoms with E-state index >= 15 is 0 Å².